The van der Waals surface area contributed by atoms with E-state index in [0.29, 0.717) is 0 Å². The van der Waals surface area contributed by atoms with Crippen molar-refractivity contribution in [2.75, 3.05) is 5.73 Å². The second kappa shape index (κ2) is 3.48. The number of hydrogen-bond donors (Lipinski definition) is 4. The number of rotatable bonds is 1. The molecule has 0 aliphatic carbocycles. The average Bonchev–Trinajstić information content (AvgIpc) is 2.03. The van der Waals surface area contributed by atoms with Crippen LogP contribution in [0.2, 0.25) is 0 Å². The summed E-state index contributed by atoms with van der Waals surface area (Å²) in [6.45, 7) is 0. The predicted molar refractivity (Wildman–Crippen MR) is 49.1 cm³/mol. The van der Waals surface area contributed by atoms with Crippen LogP contribution in [0.4, 0.5) is 5.82 Å². The molecule has 0 aromatic carbocycles. The van der Waals surface area contributed by atoms with Crippen LogP contribution in [0.1, 0.15) is 5.69 Å². The SMILES string of the molecule is N=C(N)N=C(N)c1nccnc1N. The summed E-state index contributed by atoms with van der Waals surface area (Å²) in [5, 5.41) is 6.87. The molecule has 0 unspecified atom stereocenters. The number of nitrogens with two attached hydrogens (primary N) is 3. The van der Waals surface area contributed by atoms with Gasteiger partial charge in [0.1, 0.15) is 5.69 Å². The first-order chi connectivity index (χ1) is 6.11. The molecule has 0 aliphatic heterocycles. The Morgan fingerprint density at radius 2 is 1.92 bits per heavy atom. The zero-order chi connectivity index (χ0) is 9.84. The van der Waals surface area contributed by atoms with Crippen LogP contribution < -0.4 is 17.2 Å². The minimum atomic E-state index is -0.400. The van der Waals surface area contributed by atoms with Crippen molar-refractivity contribution >= 4 is 17.6 Å². The molecule has 0 aliphatic rings. The number of nitrogens with zero attached hydrogens (tertiary/aromatic N) is 3. The largest absolute Gasteiger partial charge is 0.382 e. The maximum atomic E-state index is 6.87. The molecule has 0 bridgehead atoms. The van der Waals surface area contributed by atoms with E-state index in [9.17, 15) is 0 Å². The summed E-state index contributed by atoms with van der Waals surface area (Å²) < 4.78 is 0. The van der Waals surface area contributed by atoms with Crippen molar-refractivity contribution in [2.24, 2.45) is 16.5 Å². The normalized spacial score (nSPS) is 11.2. The number of aliphatic imine (C=N–C) groups is 1. The molecule has 13 heavy (non-hydrogen) atoms. The van der Waals surface area contributed by atoms with Gasteiger partial charge in [0, 0.05) is 12.4 Å². The van der Waals surface area contributed by atoms with E-state index in [1.54, 1.807) is 0 Å². The third kappa shape index (κ3) is 2.12. The van der Waals surface area contributed by atoms with Crippen molar-refractivity contribution in [3.63, 3.8) is 0 Å². The Kier molecular flexibility index (Phi) is 2.38. The van der Waals surface area contributed by atoms with Gasteiger partial charge in [-0.05, 0) is 0 Å². The molecule has 7 heteroatoms. The van der Waals surface area contributed by atoms with Crippen LogP contribution in [-0.2, 0) is 0 Å². The average molecular weight is 179 g/mol. The highest BCUT2D eigenvalue weighted by molar-refractivity contribution is 6.05. The zero-order valence-corrected chi connectivity index (χ0v) is 6.73. The van der Waals surface area contributed by atoms with Crippen LogP contribution in [0.3, 0.4) is 0 Å². The Bertz CT molecular complexity index is 356. The summed E-state index contributed by atoms with van der Waals surface area (Å²) >= 11 is 0. The Morgan fingerprint density at radius 3 is 2.46 bits per heavy atom. The lowest BCUT2D eigenvalue weighted by molar-refractivity contribution is 1.18. The fourth-order valence-corrected chi connectivity index (χ4v) is 0.729. The van der Waals surface area contributed by atoms with Gasteiger partial charge in [0.15, 0.2) is 11.7 Å². The molecule has 0 fully saturated rings. The molecule has 0 amide bonds. The number of anilines is 1. The lowest BCUT2D eigenvalue weighted by Gasteiger charge is -2.00. The lowest BCUT2D eigenvalue weighted by atomic mass is 10.4. The topological polar surface area (TPSA) is 140 Å². The van der Waals surface area contributed by atoms with Crippen LogP contribution in [0.5, 0.6) is 0 Å². The Balaban J connectivity index is 3.08. The van der Waals surface area contributed by atoms with Crippen molar-refractivity contribution < 1.29 is 0 Å². The first-order valence-electron chi connectivity index (χ1n) is 3.36. The number of nitrogen functional groups attached to an aromatic ring is 1. The highest BCUT2D eigenvalue weighted by Gasteiger charge is 2.05. The molecule has 1 rings (SSSR count). The summed E-state index contributed by atoms with van der Waals surface area (Å²) in [5.74, 6) is -0.259. The number of nitrogens with one attached hydrogen (secondary N) is 1. The summed E-state index contributed by atoms with van der Waals surface area (Å²) in [6, 6.07) is 0. The maximum Gasteiger partial charge on any atom is 0.214 e. The monoisotopic (exact) mass is 179 g/mol. The van der Waals surface area contributed by atoms with Gasteiger partial charge in [0.05, 0.1) is 0 Å². The first-order valence-corrected chi connectivity index (χ1v) is 3.36. The second-order valence-corrected chi connectivity index (χ2v) is 2.17. The van der Waals surface area contributed by atoms with Crippen LogP contribution >= 0.6 is 0 Å². The highest BCUT2D eigenvalue weighted by atomic mass is 15.0. The second-order valence-electron chi connectivity index (χ2n) is 2.17. The number of amidine groups is 1. The van der Waals surface area contributed by atoms with E-state index in [1.807, 2.05) is 0 Å². The molecule has 7 N–H and O–H groups in total. The summed E-state index contributed by atoms with van der Waals surface area (Å²) in [6.07, 6.45) is 2.86. The molecule has 7 nitrogen and oxygen atoms in total. The van der Waals surface area contributed by atoms with Gasteiger partial charge in [-0.1, -0.05) is 0 Å². The van der Waals surface area contributed by atoms with Crippen molar-refractivity contribution in [3.05, 3.63) is 18.1 Å². The number of aromatic nitrogens is 2. The molecule has 1 aromatic rings. The Hall–Kier alpha value is -2.18. The van der Waals surface area contributed by atoms with Gasteiger partial charge in [-0.25, -0.2) is 9.97 Å². The third-order valence-corrected chi connectivity index (χ3v) is 1.21. The Labute approximate surface area is 74.2 Å². The maximum absolute atomic E-state index is 6.87. The van der Waals surface area contributed by atoms with Gasteiger partial charge in [0.2, 0.25) is 5.96 Å². The van der Waals surface area contributed by atoms with Crippen molar-refractivity contribution in [1.29, 1.82) is 5.41 Å². The summed E-state index contributed by atoms with van der Waals surface area (Å²) in [5.41, 5.74) is 16.1. The molecule has 0 spiro atoms. The molecular formula is C6H9N7. The summed E-state index contributed by atoms with van der Waals surface area (Å²) in [7, 11) is 0. The van der Waals surface area contributed by atoms with Crippen LogP contribution in [0.25, 0.3) is 0 Å². The van der Waals surface area contributed by atoms with Gasteiger partial charge >= 0.3 is 0 Å². The van der Waals surface area contributed by atoms with Gasteiger partial charge in [-0.15, -0.1) is 0 Å². The molecule has 0 saturated carbocycles. The molecule has 1 aromatic heterocycles. The van der Waals surface area contributed by atoms with Crippen LogP contribution in [-0.4, -0.2) is 21.8 Å². The number of hydrogen-bond acceptors (Lipinski definition) is 4. The van der Waals surface area contributed by atoms with E-state index < -0.39 is 5.96 Å². The van der Waals surface area contributed by atoms with Crippen LogP contribution in [0.15, 0.2) is 17.4 Å². The smallest absolute Gasteiger partial charge is 0.214 e. The lowest BCUT2D eigenvalue weighted by Crippen LogP contribution is -2.21. The van der Waals surface area contributed by atoms with E-state index in [-0.39, 0.29) is 17.3 Å². The van der Waals surface area contributed by atoms with E-state index in [0.717, 1.165) is 0 Å². The van der Waals surface area contributed by atoms with Gasteiger partial charge in [0.25, 0.3) is 0 Å². The molecule has 1 heterocycles. The van der Waals surface area contributed by atoms with E-state index in [1.165, 1.54) is 12.4 Å². The minimum absolute atomic E-state index is 0.0156. The first kappa shape index (κ1) is 8.91. The molecule has 0 saturated heterocycles. The van der Waals surface area contributed by atoms with Crippen molar-refractivity contribution in [3.8, 4) is 0 Å². The zero-order valence-electron chi connectivity index (χ0n) is 6.73. The predicted octanol–water partition coefficient (Wildman–Crippen LogP) is -1.34. The van der Waals surface area contributed by atoms with E-state index in [4.69, 9.17) is 22.6 Å². The summed E-state index contributed by atoms with van der Waals surface area (Å²) in [4.78, 5) is 11.1. The van der Waals surface area contributed by atoms with E-state index in [2.05, 4.69) is 15.0 Å². The highest BCUT2D eigenvalue weighted by Crippen LogP contribution is 2.01. The van der Waals surface area contributed by atoms with Crippen LogP contribution in [0, 0.1) is 5.41 Å². The fourth-order valence-electron chi connectivity index (χ4n) is 0.729. The van der Waals surface area contributed by atoms with Crippen molar-refractivity contribution in [2.45, 2.75) is 0 Å². The van der Waals surface area contributed by atoms with Crippen molar-refractivity contribution in [1.82, 2.24) is 9.97 Å². The number of guanidine groups is 1. The Morgan fingerprint density at radius 1 is 1.31 bits per heavy atom. The fraction of sp³-hybridized carbons (Fsp3) is 0. The third-order valence-electron chi connectivity index (χ3n) is 1.21. The van der Waals surface area contributed by atoms with Gasteiger partial charge in [-0.3, -0.25) is 5.41 Å². The van der Waals surface area contributed by atoms with Gasteiger partial charge in [-0.2, -0.15) is 4.99 Å². The standard InChI is InChI=1S/C6H9N7/c7-4-3(11-1-2-12-4)5(8)13-6(9)10/h1-2H,(H2,7,12)(H5,8,9,10,13). The molecular weight excluding hydrogens is 170 g/mol. The van der Waals surface area contributed by atoms with Gasteiger partial charge < -0.3 is 17.2 Å². The minimum Gasteiger partial charge on any atom is -0.382 e. The quantitative estimate of drug-likeness (QED) is 0.312. The molecule has 68 valence electrons. The molecule has 0 atom stereocenters. The molecule has 0 radical (unpaired) electrons. The van der Waals surface area contributed by atoms with E-state index >= 15 is 0 Å².